The van der Waals surface area contributed by atoms with Gasteiger partial charge in [0.15, 0.2) is 0 Å². The molecule has 4 saturated heterocycles. The number of piperidine rings is 1. The van der Waals surface area contributed by atoms with E-state index in [0.29, 0.717) is 50.8 Å². The van der Waals surface area contributed by atoms with Gasteiger partial charge < -0.3 is 40.7 Å². The summed E-state index contributed by atoms with van der Waals surface area (Å²) in [6.45, 7) is 7.75. The number of ether oxygens (including phenoxy) is 1. The number of carbonyl (C=O) groups excluding carboxylic acids is 7. The number of fused-ring (bicyclic) bond motifs is 3. The predicted molar refractivity (Wildman–Crippen MR) is 210 cm³/mol. The van der Waals surface area contributed by atoms with Gasteiger partial charge in [-0.05, 0) is 88.0 Å². The standard InChI is InChI=1S/C42H55N7O8/c1-5-28-15-11-16-30(22-28)44-42(56)45-31(23-29-13-7-6-8-14-29)36(50)46-35-27(4)57-41(55)34-21-25(2)24-49(34)38(52)26(3)43-37(51)32-17-9-10-19-47(32)39(53)33-18-12-20-48(33)40(35)54/h6-8,11,13-16,22,25-27,31-35H,5,9-10,12,17-21,23-24H2,1-4H3,(H,43,51)(H,46,50)(H2,44,45,56)/t25-,26+,27+,31+,32+,33+,34+,35+/m1/s1. The zero-order valence-electron chi connectivity index (χ0n) is 33.2. The fraction of sp³-hybridized carbons (Fsp3) is 0.548. The van der Waals surface area contributed by atoms with Gasteiger partial charge in [-0.15, -0.1) is 0 Å². The lowest BCUT2D eigenvalue weighted by atomic mass is 9.99. The summed E-state index contributed by atoms with van der Waals surface area (Å²) in [4.78, 5) is 103. The lowest BCUT2D eigenvalue weighted by molar-refractivity contribution is -0.163. The number of urea groups is 1. The molecule has 57 heavy (non-hydrogen) atoms. The van der Waals surface area contributed by atoms with Crippen molar-refractivity contribution in [3.05, 3.63) is 65.7 Å². The monoisotopic (exact) mass is 785 g/mol. The van der Waals surface area contributed by atoms with E-state index in [9.17, 15) is 33.6 Å². The van der Waals surface area contributed by atoms with Gasteiger partial charge in [-0.2, -0.15) is 0 Å². The van der Waals surface area contributed by atoms with Crippen LogP contribution in [-0.2, 0) is 46.3 Å². The number of esters is 1. The van der Waals surface area contributed by atoms with Crippen molar-refractivity contribution < 1.29 is 38.3 Å². The average Bonchev–Trinajstić information content (AvgIpc) is 3.86. The number of benzene rings is 2. The van der Waals surface area contributed by atoms with Gasteiger partial charge in [0.25, 0.3) is 0 Å². The van der Waals surface area contributed by atoms with E-state index in [4.69, 9.17) is 4.74 Å². The Bertz CT molecular complexity index is 1840. The Morgan fingerprint density at radius 3 is 2.26 bits per heavy atom. The molecule has 0 aliphatic carbocycles. The van der Waals surface area contributed by atoms with Crippen LogP contribution in [0.2, 0.25) is 0 Å². The summed E-state index contributed by atoms with van der Waals surface area (Å²) in [5, 5.41) is 11.2. The molecule has 8 atom stereocenters. The van der Waals surface area contributed by atoms with E-state index in [1.54, 1.807) is 13.0 Å². The minimum atomic E-state index is -1.46. The van der Waals surface area contributed by atoms with Crippen LogP contribution in [0.3, 0.4) is 0 Å². The Morgan fingerprint density at radius 1 is 0.807 bits per heavy atom. The highest BCUT2D eigenvalue weighted by Crippen LogP contribution is 2.29. The molecule has 6 rings (SSSR count). The maximum absolute atomic E-state index is 14.7. The van der Waals surface area contributed by atoms with Crippen LogP contribution in [0.25, 0.3) is 0 Å². The SMILES string of the molecule is CCc1cccc(NC(=O)N[C@@H](Cc2ccccc2)C(=O)N[C@@H]2C(=O)N3CCC[C@H]3C(=O)N3CCCC[C@H]3C(=O)N[C@@H](C)C(=O)N3C[C@H](C)C[C@H]3C(=O)O[C@H]2C)c1. The van der Waals surface area contributed by atoms with Crippen LogP contribution in [-0.4, -0.2) is 118 Å². The zero-order valence-corrected chi connectivity index (χ0v) is 33.2. The smallest absolute Gasteiger partial charge is 0.329 e. The molecule has 15 nitrogen and oxygen atoms in total. The molecule has 0 saturated carbocycles. The third kappa shape index (κ3) is 9.57. The average molecular weight is 786 g/mol. The number of nitrogens with one attached hydrogen (secondary N) is 4. The molecule has 4 fully saturated rings. The Hall–Kier alpha value is -5.47. The summed E-state index contributed by atoms with van der Waals surface area (Å²) in [5.41, 5.74) is 2.30. The van der Waals surface area contributed by atoms with E-state index in [-0.39, 0.29) is 31.3 Å². The van der Waals surface area contributed by atoms with Crippen LogP contribution in [0.5, 0.6) is 0 Å². The highest BCUT2D eigenvalue weighted by molar-refractivity contribution is 5.98. The van der Waals surface area contributed by atoms with Crippen LogP contribution in [0.1, 0.15) is 77.3 Å². The number of aryl methyl sites for hydroxylation is 1. The molecule has 4 heterocycles. The number of rotatable bonds is 7. The van der Waals surface area contributed by atoms with Gasteiger partial charge >= 0.3 is 12.0 Å². The van der Waals surface area contributed by atoms with Crippen molar-refractivity contribution in [1.29, 1.82) is 0 Å². The van der Waals surface area contributed by atoms with Crippen molar-refractivity contribution in [3.8, 4) is 0 Å². The molecule has 306 valence electrons. The van der Waals surface area contributed by atoms with Gasteiger partial charge in [-0.3, -0.25) is 24.0 Å². The van der Waals surface area contributed by atoms with Crippen LogP contribution in [0.15, 0.2) is 54.6 Å². The topological polar surface area (TPSA) is 187 Å². The molecular formula is C42H55N7O8. The van der Waals surface area contributed by atoms with Crippen molar-refractivity contribution >= 4 is 47.2 Å². The first-order valence-corrected chi connectivity index (χ1v) is 20.3. The molecule has 0 aromatic heterocycles. The first kappa shape index (κ1) is 41.2. The molecule has 15 heteroatoms. The quantitative estimate of drug-likeness (QED) is 0.309. The van der Waals surface area contributed by atoms with Crippen molar-refractivity contribution in [2.75, 3.05) is 25.0 Å². The number of nitrogens with zero attached hydrogens (tertiary/aromatic N) is 3. The highest BCUT2D eigenvalue weighted by atomic mass is 16.5. The van der Waals surface area contributed by atoms with E-state index >= 15 is 0 Å². The van der Waals surface area contributed by atoms with E-state index in [0.717, 1.165) is 17.5 Å². The summed E-state index contributed by atoms with van der Waals surface area (Å²) in [5.74, 6) is -3.45. The molecular weight excluding hydrogens is 731 g/mol. The molecule has 2 aromatic rings. The highest BCUT2D eigenvalue weighted by Gasteiger charge is 2.47. The van der Waals surface area contributed by atoms with E-state index in [2.05, 4.69) is 21.3 Å². The molecule has 4 aliphatic rings. The second-order valence-corrected chi connectivity index (χ2v) is 15.8. The molecule has 0 spiro atoms. The molecule has 4 N–H and O–H groups in total. The molecule has 4 aliphatic heterocycles. The van der Waals surface area contributed by atoms with Crippen molar-refractivity contribution in [2.45, 2.75) is 121 Å². The molecule has 0 unspecified atom stereocenters. The maximum Gasteiger partial charge on any atom is 0.329 e. The van der Waals surface area contributed by atoms with Crippen LogP contribution >= 0.6 is 0 Å². The predicted octanol–water partition coefficient (Wildman–Crippen LogP) is 2.53. The Kier molecular flexibility index (Phi) is 13.1. The molecule has 2 aromatic carbocycles. The number of amides is 7. The fourth-order valence-electron chi connectivity index (χ4n) is 8.48. The summed E-state index contributed by atoms with van der Waals surface area (Å²) in [6, 6.07) is 9.46. The van der Waals surface area contributed by atoms with Gasteiger partial charge in [-0.1, -0.05) is 56.3 Å². The van der Waals surface area contributed by atoms with Crippen molar-refractivity contribution in [2.24, 2.45) is 5.92 Å². The van der Waals surface area contributed by atoms with E-state index in [1.165, 1.54) is 21.6 Å². The Labute approximate surface area is 333 Å². The Morgan fingerprint density at radius 2 is 1.51 bits per heavy atom. The summed E-state index contributed by atoms with van der Waals surface area (Å²) in [7, 11) is 0. The second-order valence-electron chi connectivity index (χ2n) is 15.8. The minimum Gasteiger partial charge on any atom is -0.458 e. The molecule has 0 bridgehead atoms. The van der Waals surface area contributed by atoms with Crippen LogP contribution in [0, 0.1) is 5.92 Å². The summed E-state index contributed by atoms with van der Waals surface area (Å²) < 4.78 is 5.97. The molecule has 7 amide bonds. The van der Waals surface area contributed by atoms with Gasteiger partial charge in [0.1, 0.15) is 42.4 Å². The van der Waals surface area contributed by atoms with Crippen LogP contribution in [0.4, 0.5) is 10.5 Å². The number of hydrogen-bond donors (Lipinski definition) is 4. The largest absolute Gasteiger partial charge is 0.458 e. The van der Waals surface area contributed by atoms with Gasteiger partial charge in [-0.25, -0.2) is 9.59 Å². The number of carbonyl (C=O) groups is 7. The normalized spacial score (nSPS) is 27.8. The molecule has 0 radical (unpaired) electrons. The second kappa shape index (κ2) is 18.2. The third-order valence-corrected chi connectivity index (χ3v) is 11.5. The summed E-state index contributed by atoms with van der Waals surface area (Å²) >= 11 is 0. The zero-order chi connectivity index (χ0) is 40.8. The first-order chi connectivity index (χ1) is 27.3. The first-order valence-electron chi connectivity index (χ1n) is 20.3. The Balaban J connectivity index is 1.32. The van der Waals surface area contributed by atoms with Gasteiger partial charge in [0.2, 0.25) is 29.5 Å². The fourth-order valence-corrected chi connectivity index (χ4v) is 8.48. The van der Waals surface area contributed by atoms with Gasteiger partial charge in [0, 0.05) is 31.7 Å². The summed E-state index contributed by atoms with van der Waals surface area (Å²) in [6.07, 6.45) is 2.53. The number of cyclic esters (lactones) is 1. The minimum absolute atomic E-state index is 0.0545. The van der Waals surface area contributed by atoms with Crippen molar-refractivity contribution in [3.63, 3.8) is 0 Å². The van der Waals surface area contributed by atoms with Gasteiger partial charge in [0.05, 0.1) is 0 Å². The number of hydrogen-bond acceptors (Lipinski definition) is 8. The third-order valence-electron chi connectivity index (χ3n) is 11.5. The van der Waals surface area contributed by atoms with E-state index < -0.39 is 78.0 Å². The lowest BCUT2D eigenvalue weighted by Crippen LogP contribution is -2.63. The van der Waals surface area contributed by atoms with E-state index in [1.807, 2.05) is 62.4 Å². The number of anilines is 1. The maximum atomic E-state index is 14.7. The van der Waals surface area contributed by atoms with Crippen LogP contribution < -0.4 is 21.3 Å². The lowest BCUT2D eigenvalue weighted by Gasteiger charge is -2.39. The van der Waals surface area contributed by atoms with Crippen molar-refractivity contribution in [1.82, 2.24) is 30.7 Å².